The molecule has 0 spiro atoms. The second kappa shape index (κ2) is 5.78. The van der Waals surface area contributed by atoms with Gasteiger partial charge in [-0.05, 0) is 12.0 Å². The fourth-order valence-electron chi connectivity index (χ4n) is 0.990. The first-order valence-corrected chi connectivity index (χ1v) is 4.31. The van der Waals surface area contributed by atoms with Gasteiger partial charge in [0.15, 0.2) is 0 Å². The molecule has 2 radical (unpaired) electrons. The lowest BCUT2D eigenvalue weighted by Gasteiger charge is -2.02. The van der Waals surface area contributed by atoms with Crippen LogP contribution in [-0.4, -0.2) is 0 Å². The van der Waals surface area contributed by atoms with E-state index in [1.807, 2.05) is 6.07 Å². The Hall–Kier alpha value is -0.820. The van der Waals surface area contributed by atoms with E-state index in [9.17, 15) is 0 Å². The standard InChI is InChI=1S/C11H15N/c1-2-3-9-12-10-11-7-5-4-6-8-11/h4-9,12H,1-3,10H2. The Bertz CT molecular complexity index is 193. The molecule has 0 bridgehead atoms. The van der Waals surface area contributed by atoms with E-state index in [0.29, 0.717) is 0 Å². The van der Waals surface area contributed by atoms with Crippen LogP contribution >= 0.6 is 0 Å². The summed E-state index contributed by atoms with van der Waals surface area (Å²) in [5.41, 5.74) is 1.32. The Balaban J connectivity index is 2.16. The fraction of sp³-hybridized carbons (Fsp3) is 0.273. The smallest absolute Gasteiger partial charge is 0.0224 e. The topological polar surface area (TPSA) is 12.0 Å². The van der Waals surface area contributed by atoms with Crippen LogP contribution in [0.5, 0.6) is 0 Å². The van der Waals surface area contributed by atoms with E-state index in [4.69, 9.17) is 0 Å². The van der Waals surface area contributed by atoms with Crippen LogP contribution in [0.15, 0.2) is 30.3 Å². The molecular formula is C11H15N. The van der Waals surface area contributed by atoms with Crippen LogP contribution in [0.4, 0.5) is 0 Å². The normalized spacial score (nSPS) is 10.1. The van der Waals surface area contributed by atoms with Crippen molar-refractivity contribution in [3.05, 3.63) is 49.4 Å². The number of rotatable bonds is 5. The van der Waals surface area contributed by atoms with Crippen molar-refractivity contribution >= 4 is 0 Å². The molecule has 0 fully saturated rings. The molecule has 1 aromatic rings. The Morgan fingerprint density at radius 1 is 1.25 bits per heavy atom. The van der Waals surface area contributed by atoms with Crippen molar-refractivity contribution in [2.24, 2.45) is 0 Å². The zero-order chi connectivity index (χ0) is 8.65. The van der Waals surface area contributed by atoms with Gasteiger partial charge in [0, 0.05) is 13.1 Å². The molecule has 0 aliphatic rings. The van der Waals surface area contributed by atoms with Gasteiger partial charge < -0.3 is 5.32 Å². The molecule has 0 atom stereocenters. The minimum atomic E-state index is 0.918. The van der Waals surface area contributed by atoms with Crippen molar-refractivity contribution in [1.82, 2.24) is 5.32 Å². The second-order valence-electron chi connectivity index (χ2n) is 2.71. The van der Waals surface area contributed by atoms with Crippen LogP contribution in [0.2, 0.25) is 0 Å². The minimum Gasteiger partial charge on any atom is -0.308 e. The van der Waals surface area contributed by atoms with Gasteiger partial charge in [0.2, 0.25) is 0 Å². The van der Waals surface area contributed by atoms with Crippen molar-refractivity contribution in [2.45, 2.75) is 19.4 Å². The van der Waals surface area contributed by atoms with Crippen LogP contribution in [0.25, 0.3) is 0 Å². The van der Waals surface area contributed by atoms with E-state index in [0.717, 1.165) is 19.4 Å². The van der Waals surface area contributed by atoms with Gasteiger partial charge in [0.05, 0.1) is 0 Å². The molecular weight excluding hydrogens is 146 g/mol. The zero-order valence-corrected chi connectivity index (χ0v) is 7.29. The lowest BCUT2D eigenvalue weighted by molar-refractivity contribution is 0.743. The number of hydrogen-bond donors (Lipinski definition) is 1. The number of benzene rings is 1. The third kappa shape index (κ3) is 3.54. The first-order chi connectivity index (χ1) is 5.93. The molecule has 0 unspecified atom stereocenters. The van der Waals surface area contributed by atoms with Gasteiger partial charge in [-0.3, -0.25) is 0 Å². The molecule has 0 aliphatic heterocycles. The van der Waals surface area contributed by atoms with Gasteiger partial charge in [0.1, 0.15) is 0 Å². The quantitative estimate of drug-likeness (QED) is 0.654. The fourth-order valence-corrected chi connectivity index (χ4v) is 0.990. The predicted octanol–water partition coefficient (Wildman–Crippen LogP) is 2.55. The highest BCUT2D eigenvalue weighted by Crippen LogP contribution is 1.98. The maximum absolute atomic E-state index is 3.76. The second-order valence-corrected chi connectivity index (χ2v) is 2.71. The molecule has 0 aliphatic carbocycles. The van der Waals surface area contributed by atoms with Crippen LogP contribution < -0.4 is 5.32 Å². The molecule has 0 heterocycles. The van der Waals surface area contributed by atoms with Gasteiger partial charge in [-0.15, -0.1) is 0 Å². The van der Waals surface area contributed by atoms with Crippen LogP contribution in [0.3, 0.4) is 0 Å². The van der Waals surface area contributed by atoms with E-state index in [1.165, 1.54) is 5.56 Å². The maximum Gasteiger partial charge on any atom is 0.0224 e. The van der Waals surface area contributed by atoms with Crippen LogP contribution in [0.1, 0.15) is 18.4 Å². The molecule has 64 valence electrons. The molecule has 1 aromatic carbocycles. The van der Waals surface area contributed by atoms with E-state index in [1.54, 1.807) is 0 Å². The average molecular weight is 161 g/mol. The van der Waals surface area contributed by atoms with E-state index >= 15 is 0 Å². The highest BCUT2D eigenvalue weighted by Gasteiger charge is 1.89. The molecule has 1 N–H and O–H groups in total. The van der Waals surface area contributed by atoms with Crippen molar-refractivity contribution in [3.8, 4) is 0 Å². The van der Waals surface area contributed by atoms with Gasteiger partial charge in [-0.25, -0.2) is 0 Å². The summed E-state index contributed by atoms with van der Waals surface area (Å²) in [6, 6.07) is 10.4. The molecule has 0 amide bonds. The first-order valence-electron chi connectivity index (χ1n) is 4.31. The number of unbranched alkanes of at least 4 members (excludes halogenated alkanes) is 1. The Morgan fingerprint density at radius 2 is 2.00 bits per heavy atom. The van der Waals surface area contributed by atoms with E-state index in [2.05, 4.69) is 43.1 Å². The maximum atomic E-state index is 3.76. The molecule has 0 saturated heterocycles. The lowest BCUT2D eigenvalue weighted by Crippen LogP contribution is -2.08. The summed E-state index contributed by atoms with van der Waals surface area (Å²) in [6.07, 6.45) is 1.99. The molecule has 0 saturated carbocycles. The molecule has 12 heavy (non-hydrogen) atoms. The van der Waals surface area contributed by atoms with Crippen molar-refractivity contribution < 1.29 is 0 Å². The summed E-state index contributed by atoms with van der Waals surface area (Å²) in [6.45, 7) is 6.75. The summed E-state index contributed by atoms with van der Waals surface area (Å²) in [4.78, 5) is 0. The summed E-state index contributed by atoms with van der Waals surface area (Å²) in [7, 11) is 0. The van der Waals surface area contributed by atoms with Crippen molar-refractivity contribution in [3.63, 3.8) is 0 Å². The zero-order valence-electron chi connectivity index (χ0n) is 7.29. The summed E-state index contributed by atoms with van der Waals surface area (Å²) in [5.74, 6) is 0. The third-order valence-corrected chi connectivity index (χ3v) is 1.64. The highest BCUT2D eigenvalue weighted by atomic mass is 14.8. The highest BCUT2D eigenvalue weighted by molar-refractivity contribution is 5.14. The van der Waals surface area contributed by atoms with Gasteiger partial charge in [0.25, 0.3) is 0 Å². The monoisotopic (exact) mass is 161 g/mol. The van der Waals surface area contributed by atoms with Crippen molar-refractivity contribution in [1.29, 1.82) is 0 Å². The molecule has 1 heteroatoms. The number of hydrogen-bond acceptors (Lipinski definition) is 1. The van der Waals surface area contributed by atoms with Gasteiger partial charge >= 0.3 is 0 Å². The molecule has 1 nitrogen and oxygen atoms in total. The SMILES string of the molecule is [CH2]CC[CH]NCc1ccccc1. The molecule has 0 aromatic heterocycles. The van der Waals surface area contributed by atoms with Crippen LogP contribution in [-0.2, 0) is 6.54 Å². The first kappa shape index (κ1) is 9.27. The summed E-state index contributed by atoms with van der Waals surface area (Å²) < 4.78 is 0. The lowest BCUT2D eigenvalue weighted by atomic mass is 10.2. The van der Waals surface area contributed by atoms with Crippen molar-refractivity contribution in [2.75, 3.05) is 0 Å². The number of nitrogens with one attached hydrogen (secondary N) is 1. The van der Waals surface area contributed by atoms with Gasteiger partial charge in [-0.2, -0.15) is 0 Å². The summed E-state index contributed by atoms with van der Waals surface area (Å²) in [5, 5.41) is 3.24. The third-order valence-electron chi connectivity index (χ3n) is 1.64. The molecule has 1 rings (SSSR count). The Kier molecular flexibility index (Phi) is 4.47. The minimum absolute atomic E-state index is 0.918. The average Bonchev–Trinajstić information content (AvgIpc) is 2.14. The summed E-state index contributed by atoms with van der Waals surface area (Å²) >= 11 is 0. The van der Waals surface area contributed by atoms with E-state index in [-0.39, 0.29) is 0 Å². The Morgan fingerprint density at radius 3 is 2.67 bits per heavy atom. The van der Waals surface area contributed by atoms with Crippen LogP contribution in [0, 0.1) is 13.5 Å². The Labute approximate surface area is 74.8 Å². The predicted molar refractivity (Wildman–Crippen MR) is 52.2 cm³/mol. The van der Waals surface area contributed by atoms with Gasteiger partial charge in [-0.1, -0.05) is 43.7 Å². The largest absolute Gasteiger partial charge is 0.308 e. The van der Waals surface area contributed by atoms with E-state index < -0.39 is 0 Å².